The lowest BCUT2D eigenvalue weighted by Gasteiger charge is -2.25. The Labute approximate surface area is 235 Å². The van der Waals surface area contributed by atoms with Gasteiger partial charge in [0, 0.05) is 13.1 Å². The number of carboxylic acids is 1. The Hall–Kier alpha value is -3.66. The fraction of sp³-hybridized carbons (Fsp3) is 0.750. The summed E-state index contributed by atoms with van der Waals surface area (Å²) in [6.45, 7) is 4.63. The van der Waals surface area contributed by atoms with Crippen molar-refractivity contribution < 1.29 is 24.3 Å². The van der Waals surface area contributed by atoms with Gasteiger partial charge in [-0.05, 0) is 63.8 Å². The first kappa shape index (κ1) is 36.3. The minimum Gasteiger partial charge on any atom is -0.480 e. The standard InChI is InChI=1S/C24H49N11O5/c1-14(2)13-15(26)19(36)33-16(7-3-4-10-25)20(37)34-17(8-5-11-31-23(27)28)21(38)35-18(22(39)40)9-6-12-32-24(29)30/h14-18H,3-13,25-26H2,1-2H3,(H,33,36)(H,34,37)(H,35,38)(H,39,40)(H4,27,28,31)(H4,29,30,32). The minimum atomic E-state index is -1.25. The largest absolute Gasteiger partial charge is 0.480 e. The summed E-state index contributed by atoms with van der Waals surface area (Å²) < 4.78 is 0. The van der Waals surface area contributed by atoms with Crippen LogP contribution in [0, 0.1) is 5.92 Å². The molecule has 0 rings (SSSR count). The van der Waals surface area contributed by atoms with Gasteiger partial charge < -0.3 is 55.5 Å². The molecule has 0 aromatic carbocycles. The zero-order chi connectivity index (χ0) is 30.7. The Morgan fingerprint density at radius 2 is 1.12 bits per heavy atom. The number of carbonyl (C=O) groups is 4. The van der Waals surface area contributed by atoms with Crippen molar-refractivity contribution in [3.63, 3.8) is 0 Å². The van der Waals surface area contributed by atoms with E-state index in [1.54, 1.807) is 0 Å². The molecule has 0 fully saturated rings. The molecule has 0 aliphatic heterocycles. The van der Waals surface area contributed by atoms with E-state index in [-0.39, 0.29) is 50.2 Å². The van der Waals surface area contributed by atoms with E-state index in [2.05, 4.69) is 25.9 Å². The van der Waals surface area contributed by atoms with Crippen molar-refractivity contribution >= 4 is 35.6 Å². The van der Waals surface area contributed by atoms with Gasteiger partial charge in [0.15, 0.2) is 11.9 Å². The number of nitrogens with zero attached hydrogens (tertiary/aromatic N) is 2. The zero-order valence-corrected chi connectivity index (χ0v) is 23.6. The summed E-state index contributed by atoms with van der Waals surface area (Å²) in [5, 5.41) is 17.4. The molecular weight excluding hydrogens is 522 g/mol. The van der Waals surface area contributed by atoms with Crippen LogP contribution in [-0.2, 0) is 19.2 Å². The molecule has 3 amide bonds. The summed E-state index contributed by atoms with van der Waals surface area (Å²) in [5.41, 5.74) is 32.8. The maximum absolute atomic E-state index is 13.3. The number of aliphatic imine (C=N–C) groups is 2. The van der Waals surface area contributed by atoms with Crippen molar-refractivity contribution in [3.05, 3.63) is 0 Å². The number of carboxylic acid groups (broad SMARTS) is 1. The summed E-state index contributed by atoms with van der Waals surface area (Å²) in [4.78, 5) is 58.5. The van der Waals surface area contributed by atoms with Gasteiger partial charge >= 0.3 is 5.97 Å². The number of nitrogens with one attached hydrogen (secondary N) is 3. The predicted molar refractivity (Wildman–Crippen MR) is 154 cm³/mol. The van der Waals surface area contributed by atoms with Crippen molar-refractivity contribution in [3.8, 4) is 0 Å². The van der Waals surface area contributed by atoms with E-state index in [0.29, 0.717) is 38.6 Å². The second-order valence-corrected chi connectivity index (χ2v) is 9.94. The van der Waals surface area contributed by atoms with Crippen LogP contribution in [0.3, 0.4) is 0 Å². The third-order valence-electron chi connectivity index (χ3n) is 5.78. The van der Waals surface area contributed by atoms with Crippen LogP contribution in [0.5, 0.6) is 0 Å². The number of aliphatic carboxylic acids is 1. The molecule has 0 spiro atoms. The summed E-state index contributed by atoms with van der Waals surface area (Å²) in [7, 11) is 0. The van der Waals surface area contributed by atoms with Crippen molar-refractivity contribution in [2.75, 3.05) is 19.6 Å². The van der Waals surface area contributed by atoms with Gasteiger partial charge in [0.1, 0.15) is 18.1 Å². The molecule has 0 aromatic rings. The predicted octanol–water partition coefficient (Wildman–Crippen LogP) is -2.87. The number of rotatable bonds is 21. The number of nitrogens with two attached hydrogens (primary N) is 6. The third-order valence-corrected chi connectivity index (χ3v) is 5.78. The molecule has 0 aliphatic carbocycles. The molecule has 4 atom stereocenters. The molecule has 4 unspecified atom stereocenters. The molecule has 16 nitrogen and oxygen atoms in total. The van der Waals surface area contributed by atoms with Crippen LogP contribution in [0.25, 0.3) is 0 Å². The highest BCUT2D eigenvalue weighted by atomic mass is 16.4. The molecule has 16 N–H and O–H groups in total. The van der Waals surface area contributed by atoms with Crippen LogP contribution in [0.2, 0.25) is 0 Å². The fourth-order valence-corrected chi connectivity index (χ4v) is 3.73. The van der Waals surface area contributed by atoms with Gasteiger partial charge in [-0.1, -0.05) is 13.8 Å². The Kier molecular flexibility index (Phi) is 18.4. The van der Waals surface area contributed by atoms with E-state index < -0.39 is 47.9 Å². The van der Waals surface area contributed by atoms with Crippen molar-refractivity contribution in [1.82, 2.24) is 16.0 Å². The maximum Gasteiger partial charge on any atom is 0.326 e. The van der Waals surface area contributed by atoms with Crippen molar-refractivity contribution in [1.29, 1.82) is 0 Å². The topological polar surface area (TPSA) is 305 Å². The summed E-state index contributed by atoms with van der Waals surface area (Å²) in [6, 6.07) is -4.15. The Morgan fingerprint density at radius 1 is 0.700 bits per heavy atom. The van der Waals surface area contributed by atoms with Crippen LogP contribution >= 0.6 is 0 Å². The highest BCUT2D eigenvalue weighted by Gasteiger charge is 2.30. The van der Waals surface area contributed by atoms with E-state index in [0.717, 1.165) is 0 Å². The minimum absolute atomic E-state index is 0.0536. The first-order valence-corrected chi connectivity index (χ1v) is 13.5. The first-order valence-electron chi connectivity index (χ1n) is 13.5. The van der Waals surface area contributed by atoms with Crippen LogP contribution in [0.1, 0.15) is 65.2 Å². The van der Waals surface area contributed by atoms with Crippen molar-refractivity contribution in [2.45, 2.75) is 89.4 Å². The average molecular weight is 572 g/mol. The number of carbonyl (C=O) groups excluding carboxylic acids is 3. The van der Waals surface area contributed by atoms with Gasteiger partial charge in [-0.2, -0.15) is 0 Å². The molecule has 230 valence electrons. The molecule has 40 heavy (non-hydrogen) atoms. The zero-order valence-electron chi connectivity index (χ0n) is 23.6. The number of amides is 3. The van der Waals surface area contributed by atoms with Gasteiger partial charge in [0.05, 0.1) is 6.04 Å². The normalized spacial score (nSPS) is 13.8. The highest BCUT2D eigenvalue weighted by molar-refractivity contribution is 5.94. The van der Waals surface area contributed by atoms with E-state index in [1.165, 1.54) is 0 Å². The summed E-state index contributed by atoms with van der Waals surface area (Å²) in [6.07, 6.45) is 2.63. The summed E-state index contributed by atoms with van der Waals surface area (Å²) >= 11 is 0. The van der Waals surface area contributed by atoms with Gasteiger partial charge in [-0.3, -0.25) is 24.4 Å². The third kappa shape index (κ3) is 17.0. The van der Waals surface area contributed by atoms with E-state index >= 15 is 0 Å². The number of unbranched alkanes of at least 4 members (excludes halogenated alkanes) is 1. The first-order chi connectivity index (χ1) is 18.8. The fourth-order valence-electron chi connectivity index (χ4n) is 3.73. The van der Waals surface area contributed by atoms with Gasteiger partial charge in [-0.15, -0.1) is 0 Å². The number of hydrogen-bond acceptors (Lipinski definition) is 8. The smallest absolute Gasteiger partial charge is 0.326 e. The Morgan fingerprint density at radius 3 is 1.55 bits per heavy atom. The molecule has 0 aromatic heterocycles. The number of hydrogen-bond donors (Lipinski definition) is 10. The van der Waals surface area contributed by atoms with Crippen LogP contribution in [-0.4, -0.2) is 84.5 Å². The van der Waals surface area contributed by atoms with Crippen molar-refractivity contribution in [2.24, 2.45) is 50.3 Å². The van der Waals surface area contributed by atoms with Gasteiger partial charge in [-0.25, -0.2) is 4.79 Å². The summed E-state index contributed by atoms with van der Waals surface area (Å²) in [5.74, 6) is -3.14. The lowest BCUT2D eigenvalue weighted by molar-refractivity contribution is -0.142. The SMILES string of the molecule is CC(C)CC(N)C(=O)NC(CCCCN)C(=O)NC(CCCN=C(N)N)C(=O)NC(CCCN=C(N)N)C(=O)O. The molecule has 0 saturated heterocycles. The Bertz CT molecular complexity index is 858. The average Bonchev–Trinajstić information content (AvgIpc) is 2.85. The maximum atomic E-state index is 13.3. The van der Waals surface area contributed by atoms with Crippen LogP contribution in [0.4, 0.5) is 0 Å². The molecule has 0 bridgehead atoms. The molecule has 0 aliphatic rings. The van der Waals surface area contributed by atoms with Gasteiger partial charge in [0.2, 0.25) is 17.7 Å². The second kappa shape index (κ2) is 20.3. The van der Waals surface area contributed by atoms with E-state index in [4.69, 9.17) is 34.4 Å². The van der Waals surface area contributed by atoms with Gasteiger partial charge in [0.25, 0.3) is 0 Å². The van der Waals surface area contributed by atoms with E-state index in [9.17, 15) is 24.3 Å². The van der Waals surface area contributed by atoms with Crippen LogP contribution in [0.15, 0.2) is 9.98 Å². The molecule has 0 saturated carbocycles. The lowest BCUT2D eigenvalue weighted by atomic mass is 10.0. The van der Waals surface area contributed by atoms with Crippen LogP contribution < -0.4 is 50.4 Å². The lowest BCUT2D eigenvalue weighted by Crippen LogP contribution is -2.57. The quantitative estimate of drug-likeness (QED) is 0.0379. The highest BCUT2D eigenvalue weighted by Crippen LogP contribution is 2.08. The Balaban J connectivity index is 5.66. The molecular formula is C24H49N11O5. The molecule has 0 heterocycles. The van der Waals surface area contributed by atoms with E-state index in [1.807, 2.05) is 13.8 Å². The monoisotopic (exact) mass is 571 g/mol. The second-order valence-electron chi connectivity index (χ2n) is 9.94. The number of guanidine groups is 2. The molecule has 16 heteroatoms. The molecule has 0 radical (unpaired) electrons.